The Balaban J connectivity index is 2.32. The molecule has 2 heterocycles. The lowest BCUT2D eigenvalue weighted by molar-refractivity contribution is 0.945. The average Bonchev–Trinajstić information content (AvgIpc) is 2.54. The van der Waals surface area contributed by atoms with Crippen molar-refractivity contribution in [3.63, 3.8) is 0 Å². The molecule has 1 aliphatic carbocycles. The van der Waals surface area contributed by atoms with E-state index in [9.17, 15) is 0 Å². The van der Waals surface area contributed by atoms with Gasteiger partial charge in [0.1, 0.15) is 0 Å². The summed E-state index contributed by atoms with van der Waals surface area (Å²) in [7, 11) is 5.85. The maximum absolute atomic E-state index is 5.85. The molecule has 0 amide bonds. The number of fused-ring (bicyclic) bond motifs is 3. The van der Waals surface area contributed by atoms with Crippen molar-refractivity contribution in [1.29, 1.82) is 0 Å². The van der Waals surface area contributed by atoms with Gasteiger partial charge in [0, 0.05) is 34.6 Å². The molecule has 0 aromatic carbocycles. The zero-order valence-electron chi connectivity index (χ0n) is 7.70. The maximum atomic E-state index is 5.85. The highest BCUT2D eigenvalue weighted by molar-refractivity contribution is 6.14. The fourth-order valence-corrected chi connectivity index (χ4v) is 1.99. The van der Waals surface area contributed by atoms with Crippen LogP contribution in [-0.4, -0.2) is 17.8 Å². The molecule has 66 valence electrons. The molecule has 0 spiro atoms. The van der Waals surface area contributed by atoms with Gasteiger partial charge in [-0.15, -0.1) is 0 Å². The molecule has 14 heavy (non-hydrogen) atoms. The molecule has 0 aliphatic heterocycles. The molecule has 1 unspecified atom stereocenters. The predicted octanol–water partition coefficient (Wildman–Crippen LogP) is 2.09. The van der Waals surface area contributed by atoms with Gasteiger partial charge in [0.2, 0.25) is 0 Å². The largest absolute Gasteiger partial charge is 0.358 e. The van der Waals surface area contributed by atoms with E-state index in [0.717, 1.165) is 11.9 Å². The lowest BCUT2D eigenvalue weighted by atomic mass is 9.79. The van der Waals surface area contributed by atoms with Crippen LogP contribution in [0.25, 0.3) is 17.0 Å². The van der Waals surface area contributed by atoms with Crippen molar-refractivity contribution in [3.8, 4) is 0 Å². The van der Waals surface area contributed by atoms with Gasteiger partial charge in [0.25, 0.3) is 0 Å². The molecular weight excluding hydrogens is 171 g/mol. The summed E-state index contributed by atoms with van der Waals surface area (Å²) in [6.45, 7) is 0. The third-order valence-corrected chi connectivity index (χ3v) is 2.67. The molecule has 0 saturated carbocycles. The van der Waals surface area contributed by atoms with Crippen LogP contribution < -0.4 is 0 Å². The molecule has 1 aliphatic rings. The highest BCUT2D eigenvalue weighted by Crippen LogP contribution is 2.29. The first kappa shape index (κ1) is 7.86. The molecule has 0 bridgehead atoms. The molecule has 0 saturated heterocycles. The molecule has 3 heteroatoms. The summed E-state index contributed by atoms with van der Waals surface area (Å²) in [6.07, 6.45) is 8.72. The third kappa shape index (κ3) is 1.02. The Labute approximate surface area is 83.5 Å². The Morgan fingerprint density at radius 3 is 3.36 bits per heavy atom. The number of H-pyrrole nitrogens is 1. The van der Waals surface area contributed by atoms with Crippen molar-refractivity contribution in [2.24, 2.45) is 0 Å². The number of rotatable bonds is 0. The van der Waals surface area contributed by atoms with Gasteiger partial charge in [-0.1, -0.05) is 18.0 Å². The lowest BCUT2D eigenvalue weighted by Gasteiger charge is -2.11. The first-order chi connectivity index (χ1) is 6.84. The number of nitrogens with one attached hydrogen (secondary N) is 1. The second kappa shape index (κ2) is 2.74. The van der Waals surface area contributed by atoms with Crippen molar-refractivity contribution in [1.82, 2.24) is 9.97 Å². The van der Waals surface area contributed by atoms with Crippen molar-refractivity contribution < 1.29 is 0 Å². The summed E-state index contributed by atoms with van der Waals surface area (Å²) in [5.41, 5.74) is 3.61. The number of allylic oxidation sites excluding steroid dienone is 1. The number of nitrogens with zero attached hydrogens (tertiary/aromatic N) is 1. The zero-order chi connectivity index (χ0) is 9.54. The highest BCUT2D eigenvalue weighted by Gasteiger charge is 2.14. The molecule has 0 fully saturated rings. The van der Waals surface area contributed by atoms with Crippen LogP contribution in [0.15, 0.2) is 24.5 Å². The van der Waals surface area contributed by atoms with Crippen molar-refractivity contribution >= 4 is 24.8 Å². The predicted molar refractivity (Wildman–Crippen MR) is 58.3 cm³/mol. The van der Waals surface area contributed by atoms with Gasteiger partial charge >= 0.3 is 0 Å². The van der Waals surface area contributed by atoms with Gasteiger partial charge in [-0.3, -0.25) is 4.98 Å². The van der Waals surface area contributed by atoms with Gasteiger partial charge in [-0.2, -0.15) is 0 Å². The number of hydrogen-bond acceptors (Lipinski definition) is 1. The normalized spacial score (nSPS) is 19.9. The Bertz CT molecular complexity index is 513. The van der Waals surface area contributed by atoms with Crippen LogP contribution in [0.3, 0.4) is 0 Å². The average molecular weight is 180 g/mol. The quantitative estimate of drug-likeness (QED) is 0.617. The summed E-state index contributed by atoms with van der Waals surface area (Å²) < 4.78 is 0. The third-order valence-electron chi connectivity index (χ3n) is 2.67. The van der Waals surface area contributed by atoms with Crippen LogP contribution in [0, 0.1) is 0 Å². The Morgan fingerprint density at radius 1 is 1.50 bits per heavy atom. The van der Waals surface area contributed by atoms with Crippen molar-refractivity contribution in [3.05, 3.63) is 35.8 Å². The molecule has 2 nitrogen and oxygen atoms in total. The van der Waals surface area contributed by atoms with E-state index in [1.165, 1.54) is 16.6 Å². The zero-order valence-corrected chi connectivity index (χ0v) is 7.70. The summed E-state index contributed by atoms with van der Waals surface area (Å²) >= 11 is 0. The molecule has 2 aromatic heterocycles. The first-order valence-electron chi connectivity index (χ1n) is 4.73. The number of aromatic nitrogens is 2. The Morgan fingerprint density at radius 2 is 2.43 bits per heavy atom. The van der Waals surface area contributed by atoms with Crippen LogP contribution in [0.4, 0.5) is 0 Å². The topological polar surface area (TPSA) is 28.7 Å². The fraction of sp³-hybridized carbons (Fsp3) is 0.182. The van der Waals surface area contributed by atoms with E-state index in [4.69, 9.17) is 7.85 Å². The Hall–Kier alpha value is -1.51. The summed E-state index contributed by atoms with van der Waals surface area (Å²) in [6, 6.07) is 1.99. The lowest BCUT2D eigenvalue weighted by Crippen LogP contribution is -2.00. The summed E-state index contributed by atoms with van der Waals surface area (Å²) in [4.78, 5) is 7.50. The SMILES string of the molecule is [B]C1C=Cc2c([nH]c3ccncc23)C1. The van der Waals surface area contributed by atoms with Crippen LogP contribution >= 0.6 is 0 Å². The van der Waals surface area contributed by atoms with Gasteiger partial charge in [-0.05, 0) is 12.5 Å². The van der Waals surface area contributed by atoms with Crippen molar-refractivity contribution in [2.45, 2.75) is 12.2 Å². The van der Waals surface area contributed by atoms with Gasteiger partial charge in [-0.25, -0.2) is 0 Å². The second-order valence-corrected chi connectivity index (χ2v) is 3.67. The standard InChI is InChI=1S/C11H9BN2/c12-7-1-2-8-9-6-13-4-3-10(9)14-11(8)5-7/h1-4,6-7,14H,5H2. The highest BCUT2D eigenvalue weighted by atomic mass is 14.7. The molecule has 3 rings (SSSR count). The van der Waals surface area contributed by atoms with E-state index in [-0.39, 0.29) is 5.82 Å². The van der Waals surface area contributed by atoms with E-state index in [1.807, 2.05) is 18.3 Å². The molecule has 1 atom stereocenters. The fourth-order valence-electron chi connectivity index (χ4n) is 1.99. The van der Waals surface area contributed by atoms with Crippen LogP contribution in [0.5, 0.6) is 0 Å². The van der Waals surface area contributed by atoms with E-state index in [1.54, 1.807) is 6.20 Å². The molecule has 2 radical (unpaired) electrons. The van der Waals surface area contributed by atoms with E-state index >= 15 is 0 Å². The van der Waals surface area contributed by atoms with E-state index in [0.29, 0.717) is 0 Å². The smallest absolute Gasteiger partial charge is 0.0760 e. The van der Waals surface area contributed by atoms with Crippen molar-refractivity contribution in [2.75, 3.05) is 0 Å². The van der Waals surface area contributed by atoms with Crippen LogP contribution in [0.1, 0.15) is 11.3 Å². The Kier molecular flexibility index (Phi) is 1.54. The number of hydrogen-bond donors (Lipinski definition) is 1. The second-order valence-electron chi connectivity index (χ2n) is 3.67. The van der Waals surface area contributed by atoms with Gasteiger partial charge in [0.05, 0.1) is 7.85 Å². The minimum absolute atomic E-state index is 0.142. The number of aromatic amines is 1. The van der Waals surface area contributed by atoms with E-state index in [2.05, 4.69) is 16.0 Å². The van der Waals surface area contributed by atoms with Crippen LogP contribution in [0.2, 0.25) is 5.82 Å². The maximum Gasteiger partial charge on any atom is 0.0760 e. The molecular formula is C11H9BN2. The monoisotopic (exact) mass is 180 g/mol. The molecule has 1 N–H and O–H groups in total. The number of pyridine rings is 1. The van der Waals surface area contributed by atoms with E-state index < -0.39 is 0 Å². The summed E-state index contributed by atoms with van der Waals surface area (Å²) in [5, 5.41) is 1.19. The minimum atomic E-state index is 0.142. The van der Waals surface area contributed by atoms with Gasteiger partial charge < -0.3 is 4.98 Å². The first-order valence-corrected chi connectivity index (χ1v) is 4.73. The summed E-state index contributed by atoms with van der Waals surface area (Å²) in [5.74, 6) is 0.142. The minimum Gasteiger partial charge on any atom is -0.358 e. The van der Waals surface area contributed by atoms with Crippen LogP contribution in [-0.2, 0) is 6.42 Å². The molecule has 2 aromatic rings. The van der Waals surface area contributed by atoms with Gasteiger partial charge in [0.15, 0.2) is 0 Å².